The number of aliphatic hydroxyl groups excluding tert-OH is 1. The molecule has 0 aromatic carbocycles. The predicted octanol–water partition coefficient (Wildman–Crippen LogP) is 1.88. The maximum atomic E-state index is 11.3. The van der Waals surface area contributed by atoms with Crippen molar-refractivity contribution in [2.24, 2.45) is 5.41 Å². The molecule has 0 saturated carbocycles. The van der Waals surface area contributed by atoms with Gasteiger partial charge >= 0.3 is 0 Å². The molecule has 6 heteroatoms. The van der Waals surface area contributed by atoms with E-state index in [4.69, 9.17) is 0 Å². The minimum absolute atomic E-state index is 0.518. The summed E-state index contributed by atoms with van der Waals surface area (Å²) in [6.45, 7) is 5.29. The average Bonchev–Trinajstić information content (AvgIpc) is 1.81. The SMILES string of the molecule is CC(C)(C)[C@@H](O)C(Br)(Br)S(C)(=O)=O. The van der Waals surface area contributed by atoms with Crippen LogP contribution in [-0.2, 0) is 9.84 Å². The first-order chi connectivity index (χ1) is 5.40. The van der Waals surface area contributed by atoms with E-state index >= 15 is 0 Å². The van der Waals surface area contributed by atoms with Crippen LogP contribution in [0.15, 0.2) is 0 Å². The van der Waals surface area contributed by atoms with E-state index in [9.17, 15) is 13.5 Å². The van der Waals surface area contributed by atoms with E-state index < -0.39 is 23.9 Å². The Morgan fingerprint density at radius 2 is 1.54 bits per heavy atom. The number of alkyl halides is 2. The molecule has 0 amide bonds. The molecule has 0 aliphatic carbocycles. The van der Waals surface area contributed by atoms with Gasteiger partial charge in [0.05, 0.1) is 6.10 Å². The molecule has 0 radical (unpaired) electrons. The van der Waals surface area contributed by atoms with E-state index in [0.29, 0.717) is 0 Å². The quantitative estimate of drug-likeness (QED) is 0.783. The van der Waals surface area contributed by atoms with Gasteiger partial charge in [0.1, 0.15) is 0 Å². The molecule has 0 bridgehead atoms. The standard InChI is InChI=1S/C7H14Br2O3S/c1-6(2,3)5(10)7(8,9)13(4,11)12/h5,10H,1-4H3/t5-/m1/s1. The molecule has 0 spiro atoms. The van der Waals surface area contributed by atoms with Crippen molar-refractivity contribution >= 4 is 41.7 Å². The third-order valence-electron chi connectivity index (χ3n) is 1.63. The summed E-state index contributed by atoms with van der Waals surface area (Å²) in [4.78, 5) is 0. The summed E-state index contributed by atoms with van der Waals surface area (Å²) >= 11 is 5.96. The van der Waals surface area contributed by atoms with E-state index in [1.165, 1.54) is 0 Å². The summed E-state index contributed by atoms with van der Waals surface area (Å²) in [5.41, 5.74) is -0.518. The summed E-state index contributed by atoms with van der Waals surface area (Å²) in [5, 5.41) is 9.78. The molecule has 0 aliphatic rings. The van der Waals surface area contributed by atoms with E-state index in [1.54, 1.807) is 20.8 Å². The van der Waals surface area contributed by atoms with Crippen molar-refractivity contribution in [1.29, 1.82) is 0 Å². The number of halogens is 2. The highest BCUT2D eigenvalue weighted by atomic mass is 79.9. The number of hydrogen-bond acceptors (Lipinski definition) is 3. The van der Waals surface area contributed by atoms with Gasteiger partial charge in [-0.05, 0) is 5.41 Å². The number of sulfone groups is 1. The Bertz CT molecular complexity index is 277. The average molecular weight is 338 g/mol. The van der Waals surface area contributed by atoms with Crippen molar-refractivity contribution in [2.75, 3.05) is 6.26 Å². The molecule has 0 unspecified atom stereocenters. The first-order valence-corrected chi connectivity index (χ1v) is 7.14. The van der Waals surface area contributed by atoms with Crippen molar-refractivity contribution in [3.8, 4) is 0 Å². The second kappa shape index (κ2) is 3.79. The van der Waals surface area contributed by atoms with Crippen molar-refractivity contribution in [2.45, 2.75) is 29.4 Å². The van der Waals surface area contributed by atoms with Crippen LogP contribution >= 0.6 is 31.9 Å². The third-order valence-corrected chi connectivity index (χ3v) is 7.24. The lowest BCUT2D eigenvalue weighted by molar-refractivity contribution is 0.0722. The van der Waals surface area contributed by atoms with Gasteiger partial charge in [-0.3, -0.25) is 0 Å². The van der Waals surface area contributed by atoms with Crippen LogP contribution in [0.3, 0.4) is 0 Å². The summed E-state index contributed by atoms with van der Waals surface area (Å²) in [6, 6.07) is 0. The Hall–Kier alpha value is 0.870. The molecule has 0 fully saturated rings. The first-order valence-electron chi connectivity index (χ1n) is 3.66. The molecule has 1 N–H and O–H groups in total. The molecular formula is C7H14Br2O3S. The minimum Gasteiger partial charge on any atom is -0.389 e. The van der Waals surface area contributed by atoms with Crippen LogP contribution in [0.2, 0.25) is 0 Å². The van der Waals surface area contributed by atoms with Gasteiger partial charge in [-0.1, -0.05) is 52.6 Å². The lowest BCUT2D eigenvalue weighted by atomic mass is 9.90. The van der Waals surface area contributed by atoms with Gasteiger partial charge in [-0.2, -0.15) is 0 Å². The van der Waals surface area contributed by atoms with Gasteiger partial charge in [0.15, 0.2) is 9.84 Å². The Morgan fingerprint density at radius 1 is 1.23 bits per heavy atom. The van der Waals surface area contributed by atoms with Crippen molar-refractivity contribution in [3.63, 3.8) is 0 Å². The van der Waals surface area contributed by atoms with Crippen molar-refractivity contribution in [3.05, 3.63) is 0 Å². The fourth-order valence-corrected chi connectivity index (χ4v) is 2.84. The Morgan fingerprint density at radius 3 is 1.62 bits per heavy atom. The maximum absolute atomic E-state index is 11.3. The van der Waals surface area contributed by atoms with Crippen LogP contribution in [0, 0.1) is 5.41 Å². The summed E-state index contributed by atoms with van der Waals surface area (Å²) < 4.78 is 21.1. The van der Waals surface area contributed by atoms with E-state index in [2.05, 4.69) is 31.9 Å². The molecule has 80 valence electrons. The maximum Gasteiger partial charge on any atom is 0.206 e. The highest BCUT2D eigenvalue weighted by Crippen LogP contribution is 2.42. The summed E-state index contributed by atoms with van der Waals surface area (Å²) in [5.74, 6) is 0. The Balaban J connectivity index is 5.09. The van der Waals surface area contributed by atoms with E-state index in [-0.39, 0.29) is 0 Å². The van der Waals surface area contributed by atoms with Gasteiger partial charge in [0, 0.05) is 6.26 Å². The molecule has 0 aromatic heterocycles. The van der Waals surface area contributed by atoms with Crippen LogP contribution in [0.1, 0.15) is 20.8 Å². The number of hydrogen-bond donors (Lipinski definition) is 1. The minimum atomic E-state index is -3.40. The Kier molecular flexibility index (Phi) is 4.04. The molecule has 13 heavy (non-hydrogen) atoms. The lowest BCUT2D eigenvalue weighted by Gasteiger charge is -2.34. The topological polar surface area (TPSA) is 54.4 Å². The highest BCUT2D eigenvalue weighted by molar-refractivity contribution is 9.28. The monoisotopic (exact) mass is 336 g/mol. The smallest absolute Gasteiger partial charge is 0.206 e. The van der Waals surface area contributed by atoms with Gasteiger partial charge in [-0.15, -0.1) is 0 Å². The normalized spacial score (nSPS) is 17.2. The molecule has 0 aliphatic heterocycles. The van der Waals surface area contributed by atoms with Gasteiger partial charge < -0.3 is 5.11 Å². The van der Waals surface area contributed by atoms with Gasteiger partial charge in [0.2, 0.25) is 2.57 Å². The zero-order chi connectivity index (χ0) is 11.1. The molecule has 0 heterocycles. The van der Waals surface area contributed by atoms with Crippen LogP contribution in [0.25, 0.3) is 0 Å². The van der Waals surface area contributed by atoms with Gasteiger partial charge in [-0.25, -0.2) is 8.42 Å². The fourth-order valence-electron chi connectivity index (χ4n) is 0.707. The van der Waals surface area contributed by atoms with Crippen LogP contribution in [0.5, 0.6) is 0 Å². The second-order valence-corrected chi connectivity index (χ2v) is 10.9. The highest BCUT2D eigenvalue weighted by Gasteiger charge is 2.47. The first kappa shape index (κ1) is 13.9. The summed E-state index contributed by atoms with van der Waals surface area (Å²) in [7, 11) is -3.40. The lowest BCUT2D eigenvalue weighted by Crippen LogP contribution is -2.45. The number of rotatable bonds is 2. The molecular weight excluding hydrogens is 324 g/mol. The van der Waals surface area contributed by atoms with Gasteiger partial charge in [0.25, 0.3) is 0 Å². The molecule has 0 saturated heterocycles. The predicted molar refractivity (Wildman–Crippen MR) is 60.9 cm³/mol. The van der Waals surface area contributed by atoms with Crippen LogP contribution in [0.4, 0.5) is 0 Å². The van der Waals surface area contributed by atoms with Crippen LogP contribution in [-0.4, -0.2) is 28.4 Å². The van der Waals surface area contributed by atoms with E-state index in [0.717, 1.165) is 6.26 Å². The second-order valence-electron chi connectivity index (χ2n) is 4.10. The third kappa shape index (κ3) is 3.18. The zero-order valence-corrected chi connectivity index (χ0v) is 12.0. The van der Waals surface area contributed by atoms with E-state index in [1.807, 2.05) is 0 Å². The number of aliphatic hydroxyl groups is 1. The molecule has 0 aromatic rings. The van der Waals surface area contributed by atoms with Crippen LogP contribution < -0.4 is 0 Å². The largest absolute Gasteiger partial charge is 0.389 e. The Labute approximate surface area is 96.1 Å². The molecule has 1 atom stereocenters. The molecule has 0 rings (SSSR count). The molecule has 3 nitrogen and oxygen atoms in total. The van der Waals surface area contributed by atoms with Crippen molar-refractivity contribution < 1.29 is 13.5 Å². The fraction of sp³-hybridized carbons (Fsp3) is 1.00. The van der Waals surface area contributed by atoms with Crippen molar-refractivity contribution in [1.82, 2.24) is 0 Å². The zero-order valence-electron chi connectivity index (χ0n) is 8.01. The summed E-state index contributed by atoms with van der Waals surface area (Å²) in [6.07, 6.45) is 0.0286.